The van der Waals surface area contributed by atoms with E-state index in [0.717, 1.165) is 109 Å². The fraction of sp³-hybridized carbons (Fsp3) is 0.718. The van der Waals surface area contributed by atoms with Crippen molar-refractivity contribution in [2.75, 3.05) is 26.4 Å². The number of hydrogen-bond acceptors (Lipinski definition) is 8. The Morgan fingerprint density at radius 1 is 0.316 bits per heavy atom. The molecule has 0 aromatic heterocycles. The number of phosphoric acid groups is 1. The maximum atomic E-state index is 12.8. The second-order valence-electron chi connectivity index (χ2n) is 26.2. The zero-order chi connectivity index (χ0) is 68.6. The van der Waals surface area contributed by atoms with Crippen LogP contribution in [-0.4, -0.2) is 49.3 Å². The van der Waals surface area contributed by atoms with Crippen molar-refractivity contribution in [3.05, 3.63) is 134 Å². The van der Waals surface area contributed by atoms with E-state index in [2.05, 4.69) is 148 Å². The Balaban J connectivity index is 3.81. The van der Waals surface area contributed by atoms with E-state index in [0.29, 0.717) is 6.42 Å². The molecule has 2 unspecified atom stereocenters. The van der Waals surface area contributed by atoms with E-state index < -0.39 is 26.5 Å². The van der Waals surface area contributed by atoms with Crippen molar-refractivity contribution in [2.24, 2.45) is 5.73 Å². The van der Waals surface area contributed by atoms with Gasteiger partial charge in [-0.25, -0.2) is 4.57 Å². The lowest BCUT2D eigenvalue weighted by Gasteiger charge is -2.19. The van der Waals surface area contributed by atoms with E-state index in [1.165, 1.54) is 218 Å². The second kappa shape index (κ2) is 79.1. The van der Waals surface area contributed by atoms with Gasteiger partial charge in [-0.3, -0.25) is 18.6 Å². The third-order valence-electron chi connectivity index (χ3n) is 17.0. The normalized spacial score (nSPS) is 13.6. The van der Waals surface area contributed by atoms with E-state index in [-0.39, 0.29) is 38.6 Å². The average Bonchev–Trinajstić information content (AvgIpc) is 2.64. The van der Waals surface area contributed by atoms with E-state index >= 15 is 0 Å². The van der Waals surface area contributed by atoms with Crippen LogP contribution in [0, 0.1) is 0 Å². The maximum Gasteiger partial charge on any atom is 0.472 e. The van der Waals surface area contributed by atoms with Crippen molar-refractivity contribution in [3.8, 4) is 0 Å². The molecule has 3 N–H and O–H groups in total. The van der Waals surface area contributed by atoms with Gasteiger partial charge in [-0.1, -0.05) is 372 Å². The number of esters is 2. The van der Waals surface area contributed by atoms with Gasteiger partial charge in [-0.2, -0.15) is 0 Å². The lowest BCUT2D eigenvalue weighted by Crippen LogP contribution is -2.29. The number of nitrogens with two attached hydrogens (primary N) is 1. The molecule has 0 fully saturated rings. The molecular weight excluding hydrogens is 1190 g/mol. The number of carbonyl (C=O) groups excluding carboxylic acids is 2. The first-order valence-electron chi connectivity index (χ1n) is 39.7. The molecule has 95 heavy (non-hydrogen) atoms. The molecule has 0 amide bonds. The van der Waals surface area contributed by atoms with Crippen LogP contribution in [0.25, 0.3) is 0 Å². The molecule has 9 nitrogen and oxygen atoms in total. The maximum absolute atomic E-state index is 12.8. The van der Waals surface area contributed by atoms with Crippen LogP contribution in [-0.2, 0) is 32.7 Å². The first-order chi connectivity index (χ1) is 46.8. The molecule has 0 saturated carbocycles. The predicted molar refractivity (Wildman–Crippen MR) is 413 cm³/mol. The summed E-state index contributed by atoms with van der Waals surface area (Å²) < 4.78 is 33.3. The molecule has 0 aromatic carbocycles. The van der Waals surface area contributed by atoms with E-state index in [1.54, 1.807) is 0 Å². The first kappa shape index (κ1) is 91.2. The highest BCUT2D eigenvalue weighted by Gasteiger charge is 2.26. The lowest BCUT2D eigenvalue weighted by molar-refractivity contribution is -0.161. The zero-order valence-corrected chi connectivity index (χ0v) is 62.5. The fourth-order valence-electron chi connectivity index (χ4n) is 11.3. The van der Waals surface area contributed by atoms with E-state index in [9.17, 15) is 19.0 Å². The van der Waals surface area contributed by atoms with Gasteiger partial charge in [-0.15, -0.1) is 0 Å². The van der Waals surface area contributed by atoms with Gasteiger partial charge >= 0.3 is 19.8 Å². The highest BCUT2D eigenvalue weighted by atomic mass is 31.2. The Morgan fingerprint density at radius 2 is 0.547 bits per heavy atom. The minimum atomic E-state index is -4.40. The third-order valence-corrected chi connectivity index (χ3v) is 18.0. The Kier molecular flexibility index (Phi) is 75.9. The molecule has 2 atom stereocenters. The van der Waals surface area contributed by atoms with Crippen LogP contribution >= 0.6 is 7.82 Å². The molecule has 0 saturated heterocycles. The van der Waals surface area contributed by atoms with E-state index in [1.807, 2.05) is 0 Å². The number of ether oxygens (including phenoxy) is 2. The van der Waals surface area contributed by atoms with Crippen LogP contribution in [0.15, 0.2) is 134 Å². The third kappa shape index (κ3) is 79.0. The smallest absolute Gasteiger partial charge is 0.462 e. The predicted octanol–water partition coefficient (Wildman–Crippen LogP) is 26.8. The van der Waals surface area contributed by atoms with Crippen molar-refractivity contribution in [1.29, 1.82) is 0 Å². The lowest BCUT2D eigenvalue weighted by atomic mass is 10.0. The topological polar surface area (TPSA) is 134 Å². The van der Waals surface area contributed by atoms with Crippen molar-refractivity contribution >= 4 is 19.8 Å². The van der Waals surface area contributed by atoms with Crippen LogP contribution in [0.3, 0.4) is 0 Å². The minimum absolute atomic E-state index is 0.0510. The Bertz CT molecular complexity index is 2030. The largest absolute Gasteiger partial charge is 0.472 e. The fourth-order valence-corrected chi connectivity index (χ4v) is 12.0. The summed E-state index contributed by atoms with van der Waals surface area (Å²) in [6.45, 7) is 3.56. The number of carbonyl (C=O) groups is 2. The van der Waals surface area contributed by atoms with Gasteiger partial charge in [0.1, 0.15) is 6.61 Å². The molecular formula is C85H148NO8P. The highest BCUT2D eigenvalue weighted by Crippen LogP contribution is 2.43. The highest BCUT2D eigenvalue weighted by molar-refractivity contribution is 7.47. The van der Waals surface area contributed by atoms with Gasteiger partial charge in [0.2, 0.25) is 0 Å². The summed E-state index contributed by atoms with van der Waals surface area (Å²) in [4.78, 5) is 35.5. The van der Waals surface area contributed by atoms with Crippen LogP contribution in [0.2, 0.25) is 0 Å². The van der Waals surface area contributed by atoms with Crippen molar-refractivity contribution in [3.63, 3.8) is 0 Å². The van der Waals surface area contributed by atoms with Gasteiger partial charge in [-0.05, 0) is 109 Å². The molecule has 0 rings (SSSR count). The first-order valence-corrected chi connectivity index (χ1v) is 41.2. The van der Waals surface area contributed by atoms with Crippen LogP contribution < -0.4 is 5.73 Å². The minimum Gasteiger partial charge on any atom is -0.462 e. The molecule has 0 aliphatic rings. The number of phosphoric ester groups is 1. The van der Waals surface area contributed by atoms with Gasteiger partial charge < -0.3 is 20.1 Å². The van der Waals surface area contributed by atoms with Crippen LogP contribution in [0.5, 0.6) is 0 Å². The summed E-state index contributed by atoms with van der Waals surface area (Å²) >= 11 is 0. The molecule has 0 heterocycles. The molecule has 0 aliphatic heterocycles. The number of rotatable bonds is 74. The van der Waals surface area contributed by atoms with Crippen molar-refractivity contribution < 1.29 is 37.6 Å². The standard InChI is InChI=1S/C85H148NO8P/c1-3-5-7-9-11-13-15-17-19-21-23-25-27-29-31-33-35-37-39-41-43-45-47-49-51-53-55-57-59-61-63-65-67-69-71-73-75-77-84(87)91-81-83(82-93-95(89,90)92-80-79-86)94-85(88)78-76-74-72-70-68-66-64-62-60-58-56-54-52-50-48-46-44-42-40-38-36-34-32-30-28-26-24-22-20-18-16-14-12-10-8-6-4-2/h5-8,11-14,17-20,23-26,30,32,36,38,42,44,83H,3-4,9-10,15-16,21-22,27-29,31,33-35,37,39-41,43,45-82,86H2,1-2H3,(H,89,90)/b7-5-,8-6-,13-11-,14-12-,19-17-,20-18-,25-23-,26-24-,32-30-,38-36-,44-42-. The SMILES string of the molecule is CC/C=C\C/C=C\C/C=C\C/C=C\C/C=C\C/C=C\C/C=C\CCCCCCCCCCCCCCCCCC(=O)OC(COC(=O)CCCCCCCCCCCCCCCCCCCCCCCCCC/C=C\C/C=C\C/C=C\C/C=C\CC)COP(=O)(O)OCCN. The molecule has 0 radical (unpaired) electrons. The summed E-state index contributed by atoms with van der Waals surface area (Å²) in [5, 5.41) is 0. The molecule has 0 spiro atoms. The Morgan fingerprint density at radius 3 is 0.811 bits per heavy atom. The summed E-state index contributed by atoms with van der Waals surface area (Å²) in [6, 6.07) is 0. The van der Waals surface area contributed by atoms with Gasteiger partial charge in [0.05, 0.1) is 13.2 Å². The Hall–Kier alpha value is -3.85. The molecule has 10 heteroatoms. The second-order valence-corrected chi connectivity index (χ2v) is 27.6. The number of unbranched alkanes of at least 4 members (excludes halogenated alkanes) is 39. The average molecular weight is 1340 g/mol. The summed E-state index contributed by atoms with van der Waals surface area (Å²) in [7, 11) is -4.40. The van der Waals surface area contributed by atoms with Crippen molar-refractivity contribution in [1.82, 2.24) is 0 Å². The number of allylic oxidation sites excluding steroid dienone is 22. The Labute approximate surface area is 586 Å². The van der Waals surface area contributed by atoms with Crippen molar-refractivity contribution in [2.45, 2.75) is 367 Å². The summed E-state index contributed by atoms with van der Waals surface area (Å²) in [5.41, 5.74) is 5.42. The molecule has 0 bridgehead atoms. The van der Waals surface area contributed by atoms with E-state index in [4.69, 9.17) is 24.3 Å². The zero-order valence-electron chi connectivity index (χ0n) is 61.6. The quantitative estimate of drug-likeness (QED) is 0.0264. The van der Waals surface area contributed by atoms with Gasteiger partial charge in [0, 0.05) is 19.4 Å². The molecule has 546 valence electrons. The molecule has 0 aliphatic carbocycles. The summed E-state index contributed by atoms with van der Waals surface area (Å²) in [5.74, 6) is -0.816. The monoisotopic (exact) mass is 1340 g/mol. The summed E-state index contributed by atoms with van der Waals surface area (Å²) in [6.07, 6.45) is 113. The van der Waals surface area contributed by atoms with Gasteiger partial charge in [0.15, 0.2) is 6.10 Å². The van der Waals surface area contributed by atoms with Gasteiger partial charge in [0.25, 0.3) is 0 Å². The van der Waals surface area contributed by atoms with Crippen LogP contribution in [0.1, 0.15) is 361 Å². The van der Waals surface area contributed by atoms with Crippen LogP contribution in [0.4, 0.5) is 0 Å². The molecule has 0 aromatic rings. The number of hydrogen-bond donors (Lipinski definition) is 2.